The van der Waals surface area contributed by atoms with Gasteiger partial charge in [0.05, 0.1) is 17.9 Å². The number of aromatic nitrogens is 2. The largest absolute Gasteiger partial charge is 0.465 e. The second-order valence-corrected chi connectivity index (χ2v) is 7.60. The van der Waals surface area contributed by atoms with Crippen LogP contribution in [0.1, 0.15) is 24.7 Å². The number of amides is 1. The van der Waals surface area contributed by atoms with Crippen molar-refractivity contribution in [3.05, 3.63) is 60.6 Å². The van der Waals surface area contributed by atoms with Gasteiger partial charge in [-0.2, -0.15) is 0 Å². The summed E-state index contributed by atoms with van der Waals surface area (Å²) < 4.78 is 0. The summed E-state index contributed by atoms with van der Waals surface area (Å²) in [7, 11) is 0. The van der Waals surface area contributed by atoms with Crippen molar-refractivity contribution >= 4 is 23.5 Å². The molecule has 1 aromatic heterocycles. The van der Waals surface area contributed by atoms with Gasteiger partial charge in [0.25, 0.3) is 0 Å². The number of carbonyl (C=O) groups is 1. The Hall–Kier alpha value is -2.93. The van der Waals surface area contributed by atoms with E-state index in [1.807, 2.05) is 48.5 Å². The number of carboxylic acid groups (broad SMARTS) is 1. The average Bonchev–Trinajstić information content (AvgIpc) is 3.33. The molecule has 2 heterocycles. The molecule has 0 spiro atoms. The third-order valence-corrected chi connectivity index (χ3v) is 5.79. The van der Waals surface area contributed by atoms with E-state index in [4.69, 9.17) is 5.73 Å². The second-order valence-electron chi connectivity index (χ2n) is 6.48. The fourth-order valence-corrected chi connectivity index (χ4v) is 4.26. The highest BCUT2D eigenvalue weighted by molar-refractivity contribution is 7.99. The molecule has 138 valence electrons. The highest BCUT2D eigenvalue weighted by Crippen LogP contribution is 2.36. The van der Waals surface area contributed by atoms with Gasteiger partial charge in [0, 0.05) is 27.6 Å². The third-order valence-electron chi connectivity index (χ3n) is 4.71. The number of aromatic amines is 1. The molecule has 0 saturated carbocycles. The summed E-state index contributed by atoms with van der Waals surface area (Å²) >= 11 is 1.61. The number of anilines is 1. The van der Waals surface area contributed by atoms with Crippen LogP contribution in [0.3, 0.4) is 0 Å². The van der Waals surface area contributed by atoms with Crippen LogP contribution in [0, 0.1) is 0 Å². The first-order valence-corrected chi connectivity index (χ1v) is 9.61. The molecule has 2 aromatic carbocycles. The van der Waals surface area contributed by atoms with Crippen LogP contribution in [0.5, 0.6) is 0 Å². The average molecular weight is 380 g/mol. The van der Waals surface area contributed by atoms with Crippen LogP contribution in [0.4, 0.5) is 10.5 Å². The molecule has 0 bridgehead atoms. The molecule has 7 heteroatoms. The minimum Gasteiger partial charge on any atom is -0.465 e. The van der Waals surface area contributed by atoms with Crippen LogP contribution >= 0.6 is 11.8 Å². The van der Waals surface area contributed by atoms with Crippen molar-refractivity contribution in [3.63, 3.8) is 0 Å². The van der Waals surface area contributed by atoms with Crippen molar-refractivity contribution in [1.29, 1.82) is 0 Å². The van der Waals surface area contributed by atoms with E-state index >= 15 is 0 Å². The van der Waals surface area contributed by atoms with Gasteiger partial charge in [-0.1, -0.05) is 36.0 Å². The lowest BCUT2D eigenvalue weighted by Gasteiger charge is -2.19. The van der Waals surface area contributed by atoms with E-state index < -0.39 is 6.09 Å². The normalized spacial score (nSPS) is 16.6. The summed E-state index contributed by atoms with van der Waals surface area (Å²) in [5.74, 6) is 0.694. The van der Waals surface area contributed by atoms with Gasteiger partial charge in [-0.3, -0.25) is 4.90 Å². The van der Waals surface area contributed by atoms with Gasteiger partial charge >= 0.3 is 6.09 Å². The zero-order valence-electron chi connectivity index (χ0n) is 14.6. The third kappa shape index (κ3) is 3.64. The minimum atomic E-state index is -0.899. The lowest BCUT2D eigenvalue weighted by Crippen LogP contribution is -2.29. The van der Waals surface area contributed by atoms with Crippen molar-refractivity contribution in [2.75, 3.05) is 12.3 Å². The number of likely N-dealkylation sites (tertiary alicyclic amines) is 1. The van der Waals surface area contributed by atoms with Gasteiger partial charge in [0.2, 0.25) is 0 Å². The van der Waals surface area contributed by atoms with Crippen molar-refractivity contribution in [3.8, 4) is 11.3 Å². The van der Waals surface area contributed by atoms with E-state index in [0.717, 1.165) is 39.6 Å². The summed E-state index contributed by atoms with van der Waals surface area (Å²) in [4.78, 5) is 22.7. The second kappa shape index (κ2) is 7.36. The lowest BCUT2D eigenvalue weighted by atomic mass is 10.1. The summed E-state index contributed by atoms with van der Waals surface area (Å²) in [5, 5.41) is 9.34. The Balaban J connectivity index is 1.60. The van der Waals surface area contributed by atoms with Crippen LogP contribution in [-0.4, -0.2) is 32.6 Å². The Morgan fingerprint density at radius 3 is 2.85 bits per heavy atom. The summed E-state index contributed by atoms with van der Waals surface area (Å²) in [6, 6.07) is 15.7. The van der Waals surface area contributed by atoms with Crippen LogP contribution in [0.2, 0.25) is 0 Å². The van der Waals surface area contributed by atoms with Crippen LogP contribution < -0.4 is 5.73 Å². The van der Waals surface area contributed by atoms with E-state index in [9.17, 15) is 9.90 Å². The number of benzene rings is 2. The Bertz CT molecular complexity index is 958. The molecule has 6 nitrogen and oxygen atoms in total. The van der Waals surface area contributed by atoms with E-state index in [1.165, 1.54) is 4.90 Å². The molecule has 1 amide bonds. The summed E-state index contributed by atoms with van der Waals surface area (Å²) in [5.41, 5.74) is 8.71. The maximum atomic E-state index is 11.4. The van der Waals surface area contributed by atoms with Crippen molar-refractivity contribution in [2.45, 2.75) is 28.7 Å². The number of hydrogen-bond acceptors (Lipinski definition) is 4. The smallest absolute Gasteiger partial charge is 0.407 e. The highest BCUT2D eigenvalue weighted by Gasteiger charge is 2.31. The van der Waals surface area contributed by atoms with Crippen LogP contribution in [-0.2, 0) is 0 Å². The van der Waals surface area contributed by atoms with E-state index in [0.29, 0.717) is 12.4 Å². The Labute approximate surface area is 161 Å². The zero-order valence-corrected chi connectivity index (χ0v) is 15.4. The number of imidazole rings is 1. The number of nitrogens with zero attached hydrogens (tertiary/aromatic N) is 2. The molecule has 4 N–H and O–H groups in total. The van der Waals surface area contributed by atoms with E-state index in [2.05, 4.69) is 9.97 Å². The van der Waals surface area contributed by atoms with Crippen molar-refractivity contribution < 1.29 is 9.90 Å². The van der Waals surface area contributed by atoms with Gasteiger partial charge in [-0.25, -0.2) is 9.78 Å². The van der Waals surface area contributed by atoms with Crippen molar-refractivity contribution in [1.82, 2.24) is 14.9 Å². The number of nitrogen functional groups attached to an aromatic ring is 1. The number of rotatable bonds is 4. The fraction of sp³-hybridized carbons (Fsp3) is 0.200. The number of H-pyrrole nitrogens is 1. The van der Waals surface area contributed by atoms with E-state index in [-0.39, 0.29) is 6.04 Å². The standard InChI is InChI=1S/C20H20N4O2S/c21-15-9-8-13(11-18(15)27-14-5-2-1-3-6-14)16-12-22-19(23-16)17-7-4-10-24(17)20(25)26/h1-3,5-6,8-9,11-12,17H,4,7,10,21H2,(H,22,23)(H,25,26)/t17-/m0/s1. The molecule has 0 radical (unpaired) electrons. The van der Waals surface area contributed by atoms with Gasteiger partial charge < -0.3 is 15.8 Å². The Morgan fingerprint density at radius 2 is 2.07 bits per heavy atom. The zero-order chi connectivity index (χ0) is 18.8. The lowest BCUT2D eigenvalue weighted by molar-refractivity contribution is 0.139. The first-order valence-electron chi connectivity index (χ1n) is 8.79. The maximum Gasteiger partial charge on any atom is 0.407 e. The molecule has 1 atom stereocenters. The number of nitrogens with one attached hydrogen (secondary N) is 1. The molecule has 0 unspecified atom stereocenters. The predicted octanol–water partition coefficient (Wildman–Crippen LogP) is 4.63. The predicted molar refractivity (Wildman–Crippen MR) is 106 cm³/mol. The number of nitrogens with two attached hydrogens (primary N) is 1. The molecular weight excluding hydrogens is 360 g/mol. The molecular formula is C20H20N4O2S. The number of hydrogen-bond donors (Lipinski definition) is 3. The molecule has 4 rings (SSSR count). The Kier molecular flexibility index (Phi) is 4.77. The first kappa shape index (κ1) is 17.5. The maximum absolute atomic E-state index is 11.4. The summed E-state index contributed by atoms with van der Waals surface area (Å²) in [6.45, 7) is 0.551. The van der Waals surface area contributed by atoms with Crippen molar-refractivity contribution in [2.24, 2.45) is 0 Å². The summed E-state index contributed by atoms with van der Waals surface area (Å²) in [6.07, 6.45) is 2.50. The molecule has 27 heavy (non-hydrogen) atoms. The van der Waals surface area contributed by atoms with E-state index in [1.54, 1.807) is 18.0 Å². The van der Waals surface area contributed by atoms with Crippen LogP contribution in [0.15, 0.2) is 64.5 Å². The monoisotopic (exact) mass is 380 g/mol. The molecule has 1 fully saturated rings. The molecule has 1 aliphatic heterocycles. The SMILES string of the molecule is Nc1ccc(-c2cnc([C@@H]3CCCN3C(=O)O)[nH]2)cc1Sc1ccccc1. The molecule has 0 aliphatic carbocycles. The van der Waals surface area contributed by atoms with Gasteiger partial charge in [-0.05, 0) is 37.1 Å². The molecule has 1 aliphatic rings. The highest BCUT2D eigenvalue weighted by atomic mass is 32.2. The van der Waals surface area contributed by atoms with Gasteiger partial charge in [0.1, 0.15) is 5.82 Å². The topological polar surface area (TPSA) is 95.2 Å². The quantitative estimate of drug-likeness (QED) is 0.574. The molecule has 1 saturated heterocycles. The Morgan fingerprint density at radius 1 is 1.26 bits per heavy atom. The first-order chi connectivity index (χ1) is 13.1. The minimum absolute atomic E-state index is 0.205. The fourth-order valence-electron chi connectivity index (χ4n) is 3.34. The van der Waals surface area contributed by atoms with Gasteiger partial charge in [-0.15, -0.1) is 0 Å². The molecule has 3 aromatic rings. The van der Waals surface area contributed by atoms with Crippen LogP contribution in [0.25, 0.3) is 11.3 Å². The van der Waals surface area contributed by atoms with Gasteiger partial charge in [0.15, 0.2) is 0 Å².